The van der Waals surface area contributed by atoms with Crippen molar-refractivity contribution in [2.45, 2.75) is 70.3 Å². The Bertz CT molecular complexity index is 1370. The molecule has 2 aliphatic carbocycles. The molecule has 0 atom stereocenters. The molecule has 3 aromatic rings. The number of amides is 1. The zero-order valence-corrected chi connectivity index (χ0v) is 24.0. The van der Waals surface area contributed by atoms with Crippen molar-refractivity contribution in [2.75, 3.05) is 18.6 Å². The minimum atomic E-state index is -0.277. The molecule has 40 heavy (non-hydrogen) atoms. The van der Waals surface area contributed by atoms with E-state index in [0.717, 1.165) is 67.6 Å². The molecule has 5 rings (SSSR count). The molecule has 0 bridgehead atoms. The van der Waals surface area contributed by atoms with Crippen molar-refractivity contribution in [1.29, 1.82) is 0 Å². The van der Waals surface area contributed by atoms with Gasteiger partial charge >= 0.3 is 0 Å². The van der Waals surface area contributed by atoms with Crippen molar-refractivity contribution in [3.8, 4) is 17.6 Å². The number of anilines is 1. The van der Waals surface area contributed by atoms with E-state index in [2.05, 4.69) is 42.1 Å². The first-order chi connectivity index (χ1) is 19.4. The molecule has 210 valence electrons. The van der Waals surface area contributed by atoms with Gasteiger partial charge in [0.05, 0.1) is 25.0 Å². The van der Waals surface area contributed by atoms with Crippen LogP contribution in [0.3, 0.4) is 0 Å². The average molecular weight is 540 g/mol. The van der Waals surface area contributed by atoms with Crippen LogP contribution in [0, 0.1) is 30.6 Å². The third-order valence-corrected chi connectivity index (χ3v) is 8.70. The number of aromatic nitrogens is 2. The smallest absolute Gasteiger partial charge is 0.230 e. The topological polar surface area (TPSA) is 67.6 Å². The van der Waals surface area contributed by atoms with Crippen LogP contribution in [0.5, 0.6) is 5.75 Å². The summed E-state index contributed by atoms with van der Waals surface area (Å²) in [4.78, 5) is 16.0. The molecule has 2 aromatic carbocycles. The number of hydrogen-bond acceptors (Lipinski definition) is 4. The van der Waals surface area contributed by atoms with Crippen LogP contribution in [-0.2, 0) is 11.8 Å². The van der Waals surface area contributed by atoms with Gasteiger partial charge in [0.15, 0.2) is 0 Å². The Balaban J connectivity index is 1.32. The molecule has 2 saturated carbocycles. The van der Waals surface area contributed by atoms with Crippen molar-refractivity contribution in [2.24, 2.45) is 18.9 Å². The van der Waals surface area contributed by atoms with Gasteiger partial charge < -0.3 is 14.7 Å². The van der Waals surface area contributed by atoms with Crippen LogP contribution in [0.1, 0.15) is 79.5 Å². The first kappa shape index (κ1) is 28.0. The Morgan fingerprint density at radius 3 is 2.45 bits per heavy atom. The number of rotatable bonds is 6. The number of carbonyl (C=O) groups excluding carboxylic acids is 1. The largest absolute Gasteiger partial charge is 0.496 e. The number of hydrogen-bond donors (Lipinski definition) is 1. The second kappa shape index (κ2) is 12.7. The summed E-state index contributed by atoms with van der Waals surface area (Å²) < 4.78 is 7.19. The molecule has 1 N–H and O–H groups in total. The van der Waals surface area contributed by atoms with Crippen LogP contribution >= 0.6 is 0 Å². The summed E-state index contributed by atoms with van der Waals surface area (Å²) in [5.74, 6) is 8.54. The lowest BCUT2D eigenvalue weighted by Gasteiger charge is -2.36. The molecule has 0 unspecified atom stereocenters. The maximum Gasteiger partial charge on any atom is 0.230 e. The minimum Gasteiger partial charge on any atom is -0.496 e. The predicted molar refractivity (Wildman–Crippen MR) is 158 cm³/mol. The molecular weight excluding hydrogens is 498 g/mol. The molecule has 0 saturated heterocycles. The van der Waals surface area contributed by atoms with Crippen LogP contribution in [-0.4, -0.2) is 40.6 Å². The van der Waals surface area contributed by atoms with E-state index < -0.39 is 0 Å². The van der Waals surface area contributed by atoms with Crippen LogP contribution in [0.25, 0.3) is 0 Å². The standard InChI is InChI=1S/C34H41N3O3/c1-24-19-30(15-18-33(24)40-3)28-11-9-26(10-12-28)23-37(34(39)29-13-16-32(38)17-14-29)31-6-4-5-25(20-31)7-8-27-21-35-36(2)22-27/h4-6,15,18-22,26,28-29,32,38H,9-14,16-17,23H2,1-3H3. The molecule has 0 aliphatic heterocycles. The fourth-order valence-electron chi connectivity index (χ4n) is 6.34. The Labute approximate surface area is 238 Å². The lowest BCUT2D eigenvalue weighted by molar-refractivity contribution is -0.124. The van der Waals surface area contributed by atoms with E-state index in [0.29, 0.717) is 24.7 Å². The van der Waals surface area contributed by atoms with Crippen molar-refractivity contribution in [3.05, 3.63) is 77.1 Å². The Morgan fingerprint density at radius 1 is 1.02 bits per heavy atom. The zero-order chi connectivity index (χ0) is 28.1. The van der Waals surface area contributed by atoms with Gasteiger partial charge in [-0.3, -0.25) is 9.48 Å². The molecule has 2 aliphatic rings. The number of carbonyl (C=O) groups is 1. The van der Waals surface area contributed by atoms with E-state index in [-0.39, 0.29) is 17.9 Å². The summed E-state index contributed by atoms with van der Waals surface area (Å²) >= 11 is 0. The molecule has 0 spiro atoms. The second-order valence-electron chi connectivity index (χ2n) is 11.6. The fraction of sp³-hybridized carbons (Fsp3) is 0.471. The molecule has 0 radical (unpaired) electrons. The summed E-state index contributed by atoms with van der Waals surface area (Å²) in [6, 6.07) is 14.6. The third-order valence-electron chi connectivity index (χ3n) is 8.70. The maximum absolute atomic E-state index is 13.9. The number of nitrogens with zero attached hydrogens (tertiary/aromatic N) is 3. The number of methoxy groups -OCH3 is 1. The minimum absolute atomic E-state index is 0.0350. The molecule has 2 fully saturated rings. The van der Waals surface area contributed by atoms with Crippen molar-refractivity contribution < 1.29 is 14.6 Å². The Morgan fingerprint density at radius 2 is 1.77 bits per heavy atom. The van der Waals surface area contributed by atoms with E-state index in [9.17, 15) is 9.90 Å². The van der Waals surface area contributed by atoms with Gasteiger partial charge in [-0.2, -0.15) is 5.10 Å². The third kappa shape index (κ3) is 6.77. The highest BCUT2D eigenvalue weighted by molar-refractivity contribution is 5.95. The summed E-state index contributed by atoms with van der Waals surface area (Å²) in [5.41, 5.74) is 5.25. The highest BCUT2D eigenvalue weighted by Gasteiger charge is 2.32. The SMILES string of the molecule is COc1ccc(C2CCC(CN(C(=O)C3CCC(O)CC3)c3cccc(C#Cc4cnn(C)c4)c3)CC2)cc1C. The molecular formula is C34H41N3O3. The first-order valence-corrected chi connectivity index (χ1v) is 14.6. The van der Waals surface area contributed by atoms with Gasteiger partial charge in [-0.1, -0.05) is 30.0 Å². The zero-order valence-electron chi connectivity index (χ0n) is 24.0. The van der Waals surface area contributed by atoms with Crippen LogP contribution < -0.4 is 9.64 Å². The monoisotopic (exact) mass is 539 g/mol. The average Bonchev–Trinajstić information content (AvgIpc) is 3.40. The first-order valence-electron chi connectivity index (χ1n) is 14.6. The molecule has 6 heteroatoms. The summed E-state index contributed by atoms with van der Waals surface area (Å²) in [6.45, 7) is 2.84. The van der Waals surface area contributed by atoms with Crippen molar-refractivity contribution in [1.82, 2.24) is 9.78 Å². The van der Waals surface area contributed by atoms with Gasteiger partial charge in [0, 0.05) is 37.0 Å². The molecule has 1 heterocycles. The highest BCUT2D eigenvalue weighted by Crippen LogP contribution is 2.38. The number of ether oxygens (including phenoxy) is 1. The Hall–Kier alpha value is -3.56. The number of benzene rings is 2. The van der Waals surface area contributed by atoms with Gasteiger partial charge in [0.1, 0.15) is 5.75 Å². The van der Waals surface area contributed by atoms with Crippen LogP contribution in [0.4, 0.5) is 5.69 Å². The van der Waals surface area contributed by atoms with Gasteiger partial charge in [0.25, 0.3) is 0 Å². The predicted octanol–water partition coefficient (Wildman–Crippen LogP) is 6.00. The maximum atomic E-state index is 13.9. The molecule has 1 amide bonds. The van der Waals surface area contributed by atoms with Crippen LogP contribution in [0.15, 0.2) is 54.9 Å². The quantitative estimate of drug-likeness (QED) is 0.391. The lowest BCUT2D eigenvalue weighted by Crippen LogP contribution is -2.41. The van der Waals surface area contributed by atoms with Gasteiger partial charge in [0.2, 0.25) is 5.91 Å². The summed E-state index contributed by atoms with van der Waals surface area (Å²) in [5, 5.41) is 14.2. The van der Waals surface area contributed by atoms with Gasteiger partial charge in [-0.05, 0) is 106 Å². The fourth-order valence-corrected chi connectivity index (χ4v) is 6.34. The molecule has 6 nitrogen and oxygen atoms in total. The van der Waals surface area contributed by atoms with E-state index in [1.807, 2.05) is 42.4 Å². The van der Waals surface area contributed by atoms with E-state index >= 15 is 0 Å². The van der Waals surface area contributed by atoms with Crippen molar-refractivity contribution in [3.63, 3.8) is 0 Å². The lowest BCUT2D eigenvalue weighted by atomic mass is 9.78. The van der Waals surface area contributed by atoms with Crippen LogP contribution in [0.2, 0.25) is 0 Å². The summed E-state index contributed by atoms with van der Waals surface area (Å²) in [6.07, 6.45) is 10.7. The summed E-state index contributed by atoms with van der Waals surface area (Å²) in [7, 11) is 3.60. The number of aliphatic hydroxyl groups excluding tert-OH is 1. The van der Waals surface area contributed by atoms with E-state index in [1.54, 1.807) is 18.0 Å². The highest BCUT2D eigenvalue weighted by atomic mass is 16.5. The number of aryl methyl sites for hydroxylation is 2. The molecule has 1 aromatic heterocycles. The van der Waals surface area contributed by atoms with E-state index in [4.69, 9.17) is 4.74 Å². The Kier molecular flexibility index (Phi) is 8.91. The van der Waals surface area contributed by atoms with E-state index in [1.165, 1.54) is 11.1 Å². The van der Waals surface area contributed by atoms with Gasteiger partial charge in [-0.15, -0.1) is 0 Å². The second-order valence-corrected chi connectivity index (χ2v) is 11.6. The number of aliphatic hydroxyl groups is 1. The van der Waals surface area contributed by atoms with Crippen molar-refractivity contribution >= 4 is 11.6 Å². The normalized spacial score (nSPS) is 22.7. The van der Waals surface area contributed by atoms with Gasteiger partial charge in [-0.25, -0.2) is 0 Å².